The molecule has 0 aromatic rings. The van der Waals surface area contributed by atoms with Crippen LogP contribution in [0.4, 0.5) is 0 Å². The Morgan fingerprint density at radius 1 is 1.18 bits per heavy atom. The molecule has 2 aliphatic heterocycles. The van der Waals surface area contributed by atoms with Gasteiger partial charge in [0.2, 0.25) is 0 Å². The second-order valence-corrected chi connectivity index (χ2v) is 6.61. The lowest BCUT2D eigenvalue weighted by molar-refractivity contribution is 0.0692. The van der Waals surface area contributed by atoms with E-state index in [-0.39, 0.29) is 0 Å². The predicted molar refractivity (Wildman–Crippen MR) is 73.3 cm³/mol. The molecule has 0 bridgehead atoms. The molecule has 1 N–H and O–H groups in total. The maximum Gasteiger partial charge on any atom is 0.0110 e. The lowest BCUT2D eigenvalue weighted by Crippen LogP contribution is -2.50. The van der Waals surface area contributed by atoms with Crippen molar-refractivity contribution in [3.05, 3.63) is 0 Å². The van der Waals surface area contributed by atoms with E-state index in [4.69, 9.17) is 0 Å². The number of hydrogen-bond donors (Lipinski definition) is 1. The molecular weight excluding hydrogens is 210 g/mol. The number of hydrogen-bond acceptors (Lipinski definition) is 3. The average molecular weight is 239 g/mol. The highest BCUT2D eigenvalue weighted by atomic mass is 15.2. The summed E-state index contributed by atoms with van der Waals surface area (Å²) in [7, 11) is 2.23. The smallest absolute Gasteiger partial charge is 0.0110 e. The molecule has 0 saturated carbocycles. The van der Waals surface area contributed by atoms with Gasteiger partial charge in [-0.2, -0.15) is 0 Å². The molecule has 0 amide bonds. The van der Waals surface area contributed by atoms with Gasteiger partial charge < -0.3 is 15.1 Å². The molecule has 2 rings (SSSR count). The van der Waals surface area contributed by atoms with Crippen molar-refractivity contribution >= 4 is 0 Å². The minimum Gasteiger partial charge on any atom is -0.316 e. The SMILES string of the molecule is CN1CCN(CC(C)(C)C2CCCNC2)CC1. The fraction of sp³-hybridized carbons (Fsp3) is 1.00. The number of rotatable bonds is 3. The Bertz CT molecular complexity index is 226. The van der Waals surface area contributed by atoms with E-state index in [1.54, 1.807) is 0 Å². The summed E-state index contributed by atoms with van der Waals surface area (Å²) < 4.78 is 0. The van der Waals surface area contributed by atoms with E-state index in [1.807, 2.05) is 0 Å². The van der Waals surface area contributed by atoms with Gasteiger partial charge in [-0.05, 0) is 44.3 Å². The van der Waals surface area contributed by atoms with Gasteiger partial charge in [-0.25, -0.2) is 0 Å². The molecule has 2 fully saturated rings. The molecule has 1 atom stereocenters. The first-order chi connectivity index (χ1) is 8.08. The van der Waals surface area contributed by atoms with Gasteiger partial charge in [0.15, 0.2) is 0 Å². The highest BCUT2D eigenvalue weighted by molar-refractivity contribution is 4.86. The maximum absolute atomic E-state index is 3.56. The van der Waals surface area contributed by atoms with Crippen LogP contribution >= 0.6 is 0 Å². The molecule has 100 valence electrons. The zero-order valence-electron chi connectivity index (χ0n) is 11.8. The number of likely N-dealkylation sites (N-methyl/N-ethyl adjacent to an activating group) is 1. The largest absolute Gasteiger partial charge is 0.316 e. The normalized spacial score (nSPS) is 29.5. The molecular formula is C14H29N3. The van der Waals surface area contributed by atoms with Gasteiger partial charge in [0.1, 0.15) is 0 Å². The van der Waals surface area contributed by atoms with Crippen LogP contribution < -0.4 is 5.32 Å². The number of nitrogens with zero attached hydrogens (tertiary/aromatic N) is 2. The molecule has 3 heteroatoms. The van der Waals surface area contributed by atoms with Crippen LogP contribution in [0.15, 0.2) is 0 Å². The summed E-state index contributed by atoms with van der Waals surface area (Å²) in [5.74, 6) is 0.857. The Kier molecular flexibility index (Phi) is 4.45. The molecule has 17 heavy (non-hydrogen) atoms. The Labute approximate surface area is 107 Å². The third-order valence-corrected chi connectivity index (χ3v) is 4.63. The summed E-state index contributed by atoms with van der Waals surface area (Å²) in [4.78, 5) is 5.10. The van der Waals surface area contributed by atoms with Crippen LogP contribution in [-0.2, 0) is 0 Å². The number of nitrogens with one attached hydrogen (secondary N) is 1. The Balaban J connectivity index is 1.83. The van der Waals surface area contributed by atoms with Crippen LogP contribution in [0, 0.1) is 11.3 Å². The molecule has 0 radical (unpaired) electrons. The van der Waals surface area contributed by atoms with Crippen LogP contribution in [0.5, 0.6) is 0 Å². The van der Waals surface area contributed by atoms with Crippen LogP contribution in [0.3, 0.4) is 0 Å². The molecule has 0 aromatic heterocycles. The van der Waals surface area contributed by atoms with Crippen molar-refractivity contribution in [3.63, 3.8) is 0 Å². The Morgan fingerprint density at radius 3 is 2.47 bits per heavy atom. The average Bonchev–Trinajstić information content (AvgIpc) is 2.33. The minimum absolute atomic E-state index is 0.462. The summed E-state index contributed by atoms with van der Waals surface area (Å²) >= 11 is 0. The van der Waals surface area contributed by atoms with E-state index in [1.165, 1.54) is 58.7 Å². The summed E-state index contributed by atoms with van der Waals surface area (Å²) in [5, 5.41) is 3.56. The molecule has 2 saturated heterocycles. The van der Waals surface area contributed by atoms with Crippen molar-refractivity contribution in [1.29, 1.82) is 0 Å². The Morgan fingerprint density at radius 2 is 1.88 bits per heavy atom. The predicted octanol–water partition coefficient (Wildman–Crippen LogP) is 1.26. The van der Waals surface area contributed by atoms with E-state index in [0.717, 1.165) is 5.92 Å². The van der Waals surface area contributed by atoms with Crippen LogP contribution in [0.25, 0.3) is 0 Å². The fourth-order valence-corrected chi connectivity index (χ4v) is 3.23. The van der Waals surface area contributed by atoms with E-state index >= 15 is 0 Å². The van der Waals surface area contributed by atoms with Gasteiger partial charge in [0.05, 0.1) is 0 Å². The third-order valence-electron chi connectivity index (χ3n) is 4.63. The van der Waals surface area contributed by atoms with Gasteiger partial charge in [-0.1, -0.05) is 13.8 Å². The lowest BCUT2D eigenvalue weighted by atomic mass is 9.74. The Hall–Kier alpha value is -0.120. The summed E-state index contributed by atoms with van der Waals surface area (Å²) in [6, 6.07) is 0. The first-order valence-electron chi connectivity index (χ1n) is 7.19. The van der Waals surface area contributed by atoms with Gasteiger partial charge in [0.25, 0.3) is 0 Å². The molecule has 0 aliphatic carbocycles. The molecule has 0 aromatic carbocycles. The third kappa shape index (κ3) is 3.67. The molecule has 0 spiro atoms. The number of piperidine rings is 1. The summed E-state index contributed by atoms with van der Waals surface area (Å²) in [6.45, 7) is 13.6. The van der Waals surface area contributed by atoms with Crippen molar-refractivity contribution in [3.8, 4) is 0 Å². The monoisotopic (exact) mass is 239 g/mol. The van der Waals surface area contributed by atoms with Crippen LogP contribution in [0.2, 0.25) is 0 Å². The molecule has 3 nitrogen and oxygen atoms in total. The zero-order valence-corrected chi connectivity index (χ0v) is 11.8. The highest BCUT2D eigenvalue weighted by Gasteiger charge is 2.32. The fourth-order valence-electron chi connectivity index (χ4n) is 3.23. The zero-order chi connectivity index (χ0) is 12.3. The van der Waals surface area contributed by atoms with E-state index in [0.29, 0.717) is 5.41 Å². The number of piperazine rings is 1. The van der Waals surface area contributed by atoms with Crippen molar-refractivity contribution in [2.24, 2.45) is 11.3 Å². The summed E-state index contributed by atoms with van der Waals surface area (Å²) in [5.41, 5.74) is 0.462. The van der Waals surface area contributed by atoms with E-state index in [9.17, 15) is 0 Å². The molecule has 1 unspecified atom stereocenters. The molecule has 2 heterocycles. The van der Waals surface area contributed by atoms with Gasteiger partial charge >= 0.3 is 0 Å². The van der Waals surface area contributed by atoms with Crippen molar-refractivity contribution < 1.29 is 0 Å². The van der Waals surface area contributed by atoms with Gasteiger partial charge in [-0.15, -0.1) is 0 Å². The minimum atomic E-state index is 0.462. The van der Waals surface area contributed by atoms with Gasteiger partial charge in [0, 0.05) is 32.7 Å². The first-order valence-corrected chi connectivity index (χ1v) is 7.19. The molecule has 2 aliphatic rings. The van der Waals surface area contributed by atoms with E-state index in [2.05, 4.69) is 36.0 Å². The van der Waals surface area contributed by atoms with Crippen molar-refractivity contribution in [2.45, 2.75) is 26.7 Å². The lowest BCUT2D eigenvalue weighted by Gasteiger charge is -2.43. The summed E-state index contributed by atoms with van der Waals surface area (Å²) in [6.07, 6.45) is 2.77. The van der Waals surface area contributed by atoms with Crippen molar-refractivity contribution in [2.75, 3.05) is 52.9 Å². The maximum atomic E-state index is 3.56. The first kappa shape index (κ1) is 13.3. The van der Waals surface area contributed by atoms with Crippen molar-refractivity contribution in [1.82, 2.24) is 15.1 Å². The second kappa shape index (κ2) is 5.68. The quantitative estimate of drug-likeness (QED) is 0.800. The topological polar surface area (TPSA) is 18.5 Å². The van der Waals surface area contributed by atoms with Gasteiger partial charge in [-0.3, -0.25) is 0 Å². The highest BCUT2D eigenvalue weighted by Crippen LogP contribution is 2.32. The second-order valence-electron chi connectivity index (χ2n) is 6.61. The standard InChI is InChI=1S/C14H29N3/c1-14(2,13-5-4-6-15-11-13)12-17-9-7-16(3)8-10-17/h13,15H,4-12H2,1-3H3. The van der Waals surface area contributed by atoms with Crippen LogP contribution in [-0.4, -0.2) is 62.7 Å². The van der Waals surface area contributed by atoms with E-state index < -0.39 is 0 Å². The van der Waals surface area contributed by atoms with Crippen LogP contribution in [0.1, 0.15) is 26.7 Å².